The summed E-state index contributed by atoms with van der Waals surface area (Å²) in [6.45, 7) is 9.23. The van der Waals surface area contributed by atoms with E-state index in [2.05, 4.69) is 0 Å². The molecule has 1 amide bonds. The molecule has 21 heavy (non-hydrogen) atoms. The lowest BCUT2D eigenvalue weighted by Crippen LogP contribution is -2.50. The molecule has 1 aliphatic heterocycles. The molecule has 0 aromatic rings. The van der Waals surface area contributed by atoms with E-state index in [0.717, 1.165) is 6.26 Å². The molecule has 7 nitrogen and oxygen atoms in total. The van der Waals surface area contributed by atoms with Gasteiger partial charge in [-0.3, -0.25) is 9.08 Å². The highest BCUT2D eigenvalue weighted by Crippen LogP contribution is 2.30. The lowest BCUT2D eigenvalue weighted by atomic mass is 10.1. The van der Waals surface area contributed by atoms with Gasteiger partial charge >= 0.3 is 6.09 Å². The smallest absolute Gasteiger partial charge is 0.412 e. The van der Waals surface area contributed by atoms with Crippen molar-refractivity contribution < 1.29 is 26.9 Å². The quantitative estimate of drug-likeness (QED) is 0.733. The first-order chi connectivity index (χ1) is 9.32. The predicted octanol–water partition coefficient (Wildman–Crippen LogP) is 1.72. The van der Waals surface area contributed by atoms with Crippen molar-refractivity contribution >= 4 is 16.2 Å². The van der Waals surface area contributed by atoms with Crippen LogP contribution < -0.4 is 0 Å². The minimum absolute atomic E-state index is 0.00222. The summed E-state index contributed by atoms with van der Waals surface area (Å²) < 4.78 is 37.7. The van der Waals surface area contributed by atoms with E-state index in [0.29, 0.717) is 13.0 Å². The van der Waals surface area contributed by atoms with Gasteiger partial charge in [0.15, 0.2) is 0 Å². The van der Waals surface area contributed by atoms with Crippen LogP contribution in [0.4, 0.5) is 4.79 Å². The van der Waals surface area contributed by atoms with Gasteiger partial charge in [-0.2, -0.15) is 8.42 Å². The Morgan fingerprint density at radius 1 is 1.38 bits per heavy atom. The molecule has 0 aromatic carbocycles. The normalized spacial score (nSPS) is 22.4. The van der Waals surface area contributed by atoms with Crippen LogP contribution in [0.1, 0.15) is 41.0 Å². The number of amides is 1. The van der Waals surface area contributed by atoms with Gasteiger partial charge in [-0.15, -0.1) is 0 Å². The van der Waals surface area contributed by atoms with Crippen molar-refractivity contribution in [3.8, 4) is 0 Å². The summed E-state index contributed by atoms with van der Waals surface area (Å²) in [5.41, 5.74) is -1.40. The van der Waals surface area contributed by atoms with Crippen LogP contribution >= 0.6 is 0 Å². The van der Waals surface area contributed by atoms with Crippen molar-refractivity contribution in [2.75, 3.05) is 19.5 Å². The Bertz CT molecular complexity index is 479. The summed E-state index contributed by atoms with van der Waals surface area (Å²) in [7, 11) is -3.49. The van der Waals surface area contributed by atoms with Crippen molar-refractivity contribution in [3.63, 3.8) is 0 Å². The largest absolute Gasteiger partial charge is 0.444 e. The van der Waals surface area contributed by atoms with Crippen LogP contribution in [0.15, 0.2) is 0 Å². The van der Waals surface area contributed by atoms with Crippen LogP contribution in [0, 0.1) is 0 Å². The third-order valence-electron chi connectivity index (χ3n) is 2.91. The molecule has 0 bridgehead atoms. The summed E-state index contributed by atoms with van der Waals surface area (Å²) in [4.78, 5) is 13.8. The van der Waals surface area contributed by atoms with E-state index in [-0.39, 0.29) is 12.6 Å². The Morgan fingerprint density at radius 3 is 2.43 bits per heavy atom. The van der Waals surface area contributed by atoms with E-state index in [1.807, 2.05) is 0 Å². The molecule has 0 saturated carbocycles. The van der Waals surface area contributed by atoms with Gasteiger partial charge in [-0.1, -0.05) is 0 Å². The lowest BCUT2D eigenvalue weighted by molar-refractivity contribution is -0.0628. The van der Waals surface area contributed by atoms with Crippen molar-refractivity contribution in [2.45, 2.75) is 58.4 Å². The number of hydrogen-bond acceptors (Lipinski definition) is 6. The van der Waals surface area contributed by atoms with Gasteiger partial charge in [-0.25, -0.2) is 4.79 Å². The molecule has 1 aliphatic rings. The van der Waals surface area contributed by atoms with Gasteiger partial charge in [0, 0.05) is 0 Å². The van der Waals surface area contributed by atoms with Crippen molar-refractivity contribution in [3.05, 3.63) is 0 Å². The fourth-order valence-electron chi connectivity index (χ4n) is 2.11. The topological polar surface area (TPSA) is 82.1 Å². The Balaban J connectivity index is 2.73. The zero-order valence-corrected chi connectivity index (χ0v) is 14.3. The maximum Gasteiger partial charge on any atom is 0.412 e. The summed E-state index contributed by atoms with van der Waals surface area (Å²) in [5.74, 6) is 0. The molecule has 1 atom stereocenters. The number of nitrogens with zero attached hydrogens (tertiary/aromatic N) is 1. The van der Waals surface area contributed by atoms with E-state index in [9.17, 15) is 13.2 Å². The van der Waals surface area contributed by atoms with E-state index in [1.54, 1.807) is 34.6 Å². The zero-order valence-electron chi connectivity index (χ0n) is 13.5. The zero-order chi connectivity index (χ0) is 16.5. The highest BCUT2D eigenvalue weighted by Gasteiger charge is 2.45. The Hall–Kier alpha value is -0.860. The van der Waals surface area contributed by atoms with Gasteiger partial charge in [0.25, 0.3) is 10.1 Å². The summed E-state index contributed by atoms with van der Waals surface area (Å²) >= 11 is 0. The number of carbonyl (C=O) groups is 1. The van der Waals surface area contributed by atoms with Gasteiger partial charge in [-0.05, 0) is 41.0 Å². The first kappa shape index (κ1) is 18.2. The van der Waals surface area contributed by atoms with Gasteiger partial charge in [0.05, 0.1) is 25.5 Å². The molecule has 1 rings (SSSR count). The third-order valence-corrected chi connectivity index (χ3v) is 3.51. The van der Waals surface area contributed by atoms with Crippen LogP contribution in [0.5, 0.6) is 0 Å². The second kappa shape index (κ2) is 6.10. The van der Waals surface area contributed by atoms with Crippen molar-refractivity contribution in [1.82, 2.24) is 4.90 Å². The second-order valence-electron chi connectivity index (χ2n) is 6.58. The molecule has 0 aromatic heterocycles. The standard InChI is InChI=1S/C13H25NO6S/c1-12(2,3)20-11(15)14-10(9-18-13(14,4)5)7-8-19-21(6,16)17/h10H,7-9H2,1-6H3. The lowest BCUT2D eigenvalue weighted by Gasteiger charge is -2.35. The van der Waals surface area contributed by atoms with Crippen LogP contribution in [0.25, 0.3) is 0 Å². The average Bonchev–Trinajstić information content (AvgIpc) is 2.49. The summed E-state index contributed by atoms with van der Waals surface area (Å²) in [6, 6.07) is -0.281. The highest BCUT2D eigenvalue weighted by molar-refractivity contribution is 7.85. The van der Waals surface area contributed by atoms with Gasteiger partial charge in [0.2, 0.25) is 0 Å². The molecule has 1 saturated heterocycles. The monoisotopic (exact) mass is 323 g/mol. The predicted molar refractivity (Wildman–Crippen MR) is 77.3 cm³/mol. The van der Waals surface area contributed by atoms with E-state index >= 15 is 0 Å². The number of rotatable bonds is 4. The molecule has 124 valence electrons. The maximum absolute atomic E-state index is 12.3. The Labute approximate surface area is 126 Å². The Kier molecular flexibility index (Phi) is 5.28. The molecular weight excluding hydrogens is 298 g/mol. The molecule has 8 heteroatoms. The molecule has 0 N–H and O–H groups in total. The fraction of sp³-hybridized carbons (Fsp3) is 0.923. The maximum atomic E-state index is 12.3. The van der Waals surface area contributed by atoms with Gasteiger partial charge in [0.1, 0.15) is 11.3 Å². The van der Waals surface area contributed by atoms with Gasteiger partial charge < -0.3 is 9.47 Å². The second-order valence-corrected chi connectivity index (χ2v) is 8.22. The molecule has 0 aliphatic carbocycles. The van der Waals surface area contributed by atoms with Crippen LogP contribution in [-0.2, 0) is 23.8 Å². The minimum atomic E-state index is -3.49. The molecule has 1 fully saturated rings. The summed E-state index contributed by atoms with van der Waals surface area (Å²) in [5, 5.41) is 0. The number of hydrogen-bond donors (Lipinski definition) is 0. The van der Waals surface area contributed by atoms with E-state index < -0.39 is 27.5 Å². The van der Waals surface area contributed by atoms with E-state index in [1.165, 1.54) is 4.90 Å². The number of carbonyl (C=O) groups excluding carboxylic acids is 1. The molecule has 0 spiro atoms. The minimum Gasteiger partial charge on any atom is -0.444 e. The average molecular weight is 323 g/mol. The van der Waals surface area contributed by atoms with Crippen LogP contribution in [-0.4, -0.2) is 56.2 Å². The summed E-state index contributed by atoms with van der Waals surface area (Å²) in [6.07, 6.45) is 0.873. The molecular formula is C13H25NO6S. The fourth-order valence-corrected chi connectivity index (χ4v) is 2.51. The van der Waals surface area contributed by atoms with Crippen molar-refractivity contribution in [2.24, 2.45) is 0 Å². The SMILES string of the molecule is CC(C)(C)OC(=O)N1C(CCOS(C)(=O)=O)COC1(C)C. The highest BCUT2D eigenvalue weighted by atomic mass is 32.2. The van der Waals surface area contributed by atoms with E-state index in [4.69, 9.17) is 13.7 Å². The van der Waals surface area contributed by atoms with Crippen molar-refractivity contribution in [1.29, 1.82) is 0 Å². The molecule has 1 unspecified atom stereocenters. The molecule has 1 heterocycles. The third kappa shape index (κ3) is 5.80. The van der Waals surface area contributed by atoms with Crippen LogP contribution in [0.2, 0.25) is 0 Å². The van der Waals surface area contributed by atoms with Crippen LogP contribution in [0.3, 0.4) is 0 Å². The first-order valence-electron chi connectivity index (χ1n) is 6.82. The Morgan fingerprint density at radius 2 is 1.95 bits per heavy atom. The first-order valence-corrected chi connectivity index (χ1v) is 8.64. The molecule has 0 radical (unpaired) electrons. The number of ether oxygens (including phenoxy) is 2.